The third-order valence-electron chi connectivity index (χ3n) is 2.63. The van der Waals surface area contributed by atoms with Crippen LogP contribution in [-0.4, -0.2) is 28.1 Å². The predicted octanol–water partition coefficient (Wildman–Crippen LogP) is 1.38. The summed E-state index contributed by atoms with van der Waals surface area (Å²) in [4.78, 5) is 18.9. The summed E-state index contributed by atoms with van der Waals surface area (Å²) in [5, 5.41) is 0.991. The van der Waals surface area contributed by atoms with Crippen molar-refractivity contribution in [1.29, 1.82) is 0 Å². The van der Waals surface area contributed by atoms with E-state index < -0.39 is 6.04 Å². The minimum atomic E-state index is -0.647. The molecule has 0 radical (unpaired) electrons. The van der Waals surface area contributed by atoms with Crippen LogP contribution in [0.15, 0.2) is 24.5 Å². The van der Waals surface area contributed by atoms with Crippen molar-refractivity contribution < 1.29 is 9.53 Å². The van der Waals surface area contributed by atoms with Crippen molar-refractivity contribution in [2.45, 2.75) is 32.4 Å². The topological polar surface area (TPSA) is 81.0 Å². The van der Waals surface area contributed by atoms with Crippen LogP contribution in [0.5, 0.6) is 0 Å². The maximum Gasteiger partial charge on any atom is 0.323 e. The maximum absolute atomic E-state index is 11.6. The number of aromatic amines is 1. The van der Waals surface area contributed by atoms with Gasteiger partial charge in [-0.15, -0.1) is 0 Å². The molecule has 0 saturated carbocycles. The quantitative estimate of drug-likeness (QED) is 0.800. The van der Waals surface area contributed by atoms with Gasteiger partial charge in [-0.3, -0.25) is 4.79 Å². The monoisotopic (exact) mass is 247 g/mol. The lowest BCUT2D eigenvalue weighted by Gasteiger charge is -2.13. The van der Waals surface area contributed by atoms with Gasteiger partial charge in [0.1, 0.15) is 11.7 Å². The number of carbonyl (C=O) groups is 1. The normalized spacial score (nSPS) is 12.9. The Labute approximate surface area is 105 Å². The molecule has 2 aromatic heterocycles. The molecule has 3 N–H and O–H groups in total. The molecule has 0 spiro atoms. The Kier molecular flexibility index (Phi) is 3.62. The van der Waals surface area contributed by atoms with E-state index in [1.165, 1.54) is 0 Å². The molecular formula is C13H17N3O2. The van der Waals surface area contributed by atoms with Crippen LogP contribution < -0.4 is 5.73 Å². The Morgan fingerprint density at radius 1 is 1.56 bits per heavy atom. The van der Waals surface area contributed by atoms with Crippen LogP contribution in [0.25, 0.3) is 11.0 Å². The van der Waals surface area contributed by atoms with Crippen LogP contribution in [0, 0.1) is 0 Å². The molecule has 0 aromatic carbocycles. The molecule has 0 fully saturated rings. The summed E-state index contributed by atoms with van der Waals surface area (Å²) >= 11 is 0. The van der Waals surface area contributed by atoms with Gasteiger partial charge in [0.05, 0.1) is 6.10 Å². The van der Waals surface area contributed by atoms with Crippen molar-refractivity contribution in [2.75, 3.05) is 0 Å². The van der Waals surface area contributed by atoms with Crippen LogP contribution >= 0.6 is 0 Å². The van der Waals surface area contributed by atoms with Gasteiger partial charge >= 0.3 is 5.97 Å². The SMILES string of the molecule is CC(C)OC(=O)C(N)Cc1c[nH]c2ncccc12. The summed E-state index contributed by atoms with van der Waals surface area (Å²) in [6.45, 7) is 3.61. The van der Waals surface area contributed by atoms with Crippen LogP contribution in [0.1, 0.15) is 19.4 Å². The summed E-state index contributed by atoms with van der Waals surface area (Å²) in [7, 11) is 0. The molecular weight excluding hydrogens is 230 g/mol. The second kappa shape index (κ2) is 5.18. The van der Waals surface area contributed by atoms with Gasteiger partial charge in [0.2, 0.25) is 0 Å². The van der Waals surface area contributed by atoms with E-state index in [-0.39, 0.29) is 12.1 Å². The lowest BCUT2D eigenvalue weighted by atomic mass is 10.1. The molecule has 0 saturated heterocycles. The number of rotatable bonds is 4. The molecule has 1 unspecified atom stereocenters. The Balaban J connectivity index is 2.11. The van der Waals surface area contributed by atoms with Crippen LogP contribution in [0.3, 0.4) is 0 Å². The number of nitrogens with zero attached hydrogens (tertiary/aromatic N) is 1. The molecule has 5 heteroatoms. The number of H-pyrrole nitrogens is 1. The number of esters is 1. The zero-order valence-corrected chi connectivity index (χ0v) is 10.5. The number of hydrogen-bond donors (Lipinski definition) is 2. The van der Waals surface area contributed by atoms with Gasteiger partial charge in [0.25, 0.3) is 0 Å². The van der Waals surface area contributed by atoms with E-state index in [1.807, 2.05) is 18.3 Å². The standard InChI is InChI=1S/C13H17N3O2/c1-8(2)18-13(17)11(14)6-9-7-16-12-10(9)4-3-5-15-12/h3-5,7-8,11H,6,14H2,1-2H3,(H,15,16). The molecule has 1 atom stereocenters. The highest BCUT2D eigenvalue weighted by Gasteiger charge is 2.18. The van der Waals surface area contributed by atoms with Gasteiger partial charge < -0.3 is 15.5 Å². The Morgan fingerprint density at radius 2 is 2.33 bits per heavy atom. The van der Waals surface area contributed by atoms with Crippen molar-refractivity contribution in [2.24, 2.45) is 5.73 Å². The van der Waals surface area contributed by atoms with E-state index >= 15 is 0 Å². The molecule has 0 aliphatic heterocycles. The molecule has 96 valence electrons. The Bertz CT molecular complexity index is 548. The van der Waals surface area contributed by atoms with Crippen LogP contribution in [0.2, 0.25) is 0 Å². The van der Waals surface area contributed by atoms with Crippen molar-refractivity contribution in [1.82, 2.24) is 9.97 Å². The van der Waals surface area contributed by atoms with E-state index in [9.17, 15) is 4.79 Å². The van der Waals surface area contributed by atoms with E-state index in [1.54, 1.807) is 20.0 Å². The van der Waals surface area contributed by atoms with E-state index in [0.29, 0.717) is 6.42 Å². The molecule has 5 nitrogen and oxygen atoms in total. The number of ether oxygens (including phenoxy) is 1. The van der Waals surface area contributed by atoms with Crippen LogP contribution in [0.4, 0.5) is 0 Å². The fraction of sp³-hybridized carbons (Fsp3) is 0.385. The highest BCUT2D eigenvalue weighted by Crippen LogP contribution is 2.17. The summed E-state index contributed by atoms with van der Waals surface area (Å²) < 4.78 is 5.08. The third-order valence-corrected chi connectivity index (χ3v) is 2.63. The molecule has 0 aliphatic carbocycles. The highest BCUT2D eigenvalue weighted by molar-refractivity contribution is 5.81. The average molecular weight is 247 g/mol. The number of nitrogens with two attached hydrogens (primary N) is 1. The van der Waals surface area contributed by atoms with E-state index in [4.69, 9.17) is 10.5 Å². The van der Waals surface area contributed by atoms with Gasteiger partial charge in [0.15, 0.2) is 0 Å². The average Bonchev–Trinajstić information content (AvgIpc) is 2.72. The third kappa shape index (κ3) is 2.68. The van der Waals surface area contributed by atoms with Crippen molar-refractivity contribution in [3.63, 3.8) is 0 Å². The second-order valence-electron chi connectivity index (χ2n) is 4.51. The van der Waals surface area contributed by atoms with Crippen molar-refractivity contribution in [3.8, 4) is 0 Å². The number of fused-ring (bicyclic) bond motifs is 1. The van der Waals surface area contributed by atoms with Gasteiger partial charge in [-0.25, -0.2) is 4.98 Å². The van der Waals surface area contributed by atoms with Crippen molar-refractivity contribution in [3.05, 3.63) is 30.1 Å². The molecule has 2 rings (SSSR count). The summed E-state index contributed by atoms with van der Waals surface area (Å²) in [6, 6.07) is 3.17. The number of hydrogen-bond acceptors (Lipinski definition) is 4. The fourth-order valence-corrected chi connectivity index (χ4v) is 1.82. The maximum atomic E-state index is 11.6. The predicted molar refractivity (Wildman–Crippen MR) is 69.0 cm³/mol. The zero-order valence-electron chi connectivity index (χ0n) is 10.5. The van der Waals surface area contributed by atoms with E-state index in [2.05, 4.69) is 9.97 Å². The van der Waals surface area contributed by atoms with Crippen LogP contribution in [-0.2, 0) is 16.0 Å². The minimum Gasteiger partial charge on any atom is -0.462 e. The molecule has 0 amide bonds. The number of nitrogens with one attached hydrogen (secondary N) is 1. The summed E-state index contributed by atoms with van der Waals surface area (Å²) in [5.41, 5.74) is 7.62. The summed E-state index contributed by atoms with van der Waals surface area (Å²) in [6.07, 6.45) is 3.85. The van der Waals surface area contributed by atoms with E-state index in [0.717, 1.165) is 16.6 Å². The molecule has 2 aromatic rings. The smallest absolute Gasteiger partial charge is 0.323 e. The van der Waals surface area contributed by atoms with Crippen molar-refractivity contribution >= 4 is 17.0 Å². The number of carbonyl (C=O) groups excluding carboxylic acids is 1. The molecule has 0 aliphatic rings. The Morgan fingerprint density at radius 3 is 3.06 bits per heavy atom. The fourth-order valence-electron chi connectivity index (χ4n) is 1.82. The first kappa shape index (κ1) is 12.6. The molecule has 0 bridgehead atoms. The first-order valence-electron chi connectivity index (χ1n) is 5.95. The Hall–Kier alpha value is -1.88. The molecule has 18 heavy (non-hydrogen) atoms. The van der Waals surface area contributed by atoms with Gasteiger partial charge in [-0.1, -0.05) is 0 Å². The number of aromatic nitrogens is 2. The van der Waals surface area contributed by atoms with Gasteiger partial charge in [-0.05, 0) is 31.5 Å². The number of pyridine rings is 1. The first-order chi connectivity index (χ1) is 8.58. The molecule has 2 heterocycles. The van der Waals surface area contributed by atoms with Gasteiger partial charge in [0, 0.05) is 24.2 Å². The highest BCUT2D eigenvalue weighted by atomic mass is 16.5. The first-order valence-corrected chi connectivity index (χ1v) is 5.95. The minimum absolute atomic E-state index is 0.145. The summed E-state index contributed by atoms with van der Waals surface area (Å²) in [5.74, 6) is -0.372. The zero-order chi connectivity index (χ0) is 13.1. The largest absolute Gasteiger partial charge is 0.462 e. The van der Waals surface area contributed by atoms with Gasteiger partial charge in [-0.2, -0.15) is 0 Å². The second-order valence-corrected chi connectivity index (χ2v) is 4.51. The lowest BCUT2D eigenvalue weighted by Crippen LogP contribution is -2.35. The lowest BCUT2D eigenvalue weighted by molar-refractivity contribution is -0.148.